The molecule has 1 N–H and O–H groups in total. The largest absolute Gasteiger partial charge is 0.573 e. The number of rotatable bonds is 3. The summed E-state index contributed by atoms with van der Waals surface area (Å²) in [7, 11) is 1.58. The fourth-order valence-corrected chi connectivity index (χ4v) is 3.31. The van der Waals surface area contributed by atoms with Gasteiger partial charge in [0.15, 0.2) is 0 Å². The average molecular weight is 301 g/mol. The van der Waals surface area contributed by atoms with Crippen molar-refractivity contribution in [2.75, 3.05) is 11.9 Å². The van der Waals surface area contributed by atoms with Crippen molar-refractivity contribution in [1.82, 2.24) is 0 Å². The van der Waals surface area contributed by atoms with E-state index in [1.165, 1.54) is 29.2 Å². The maximum atomic E-state index is 12.3. The van der Waals surface area contributed by atoms with Crippen LogP contribution < -0.4 is 9.64 Å². The first-order valence-corrected chi connectivity index (χ1v) is 6.49. The first-order chi connectivity index (χ1) is 9.63. The molecule has 3 fully saturated rings. The predicted molar refractivity (Wildman–Crippen MR) is 67.8 cm³/mol. The van der Waals surface area contributed by atoms with Gasteiger partial charge in [0.25, 0.3) is 0 Å². The van der Waals surface area contributed by atoms with Gasteiger partial charge in [-0.15, -0.1) is 13.2 Å². The lowest BCUT2D eigenvalue weighted by Gasteiger charge is -2.66. The number of alkyl halides is 3. The number of carbonyl (C=O) groups excluding carboxylic acids is 1. The van der Waals surface area contributed by atoms with Crippen LogP contribution in [0.25, 0.3) is 0 Å². The molecule has 3 saturated carbocycles. The maximum absolute atomic E-state index is 12.3. The molecule has 114 valence electrons. The predicted octanol–water partition coefficient (Wildman–Crippen LogP) is 2.46. The molecule has 0 radical (unpaired) electrons. The van der Waals surface area contributed by atoms with Crippen molar-refractivity contribution in [3.63, 3.8) is 0 Å². The van der Waals surface area contributed by atoms with Crippen molar-refractivity contribution < 1.29 is 27.8 Å². The summed E-state index contributed by atoms with van der Waals surface area (Å²) < 4.78 is 40.0. The van der Waals surface area contributed by atoms with Gasteiger partial charge in [-0.25, -0.2) is 0 Å². The number of halogens is 3. The molecule has 1 aromatic carbocycles. The summed E-state index contributed by atoms with van der Waals surface area (Å²) in [6.07, 6.45) is -3.32. The lowest BCUT2D eigenvalue weighted by molar-refractivity contribution is -0.274. The molecule has 0 heterocycles. The number of aliphatic hydroxyl groups is 1. The Morgan fingerprint density at radius 3 is 2.19 bits per heavy atom. The number of amides is 1. The highest BCUT2D eigenvalue weighted by Gasteiger charge is 2.71. The van der Waals surface area contributed by atoms with Crippen molar-refractivity contribution in [2.24, 2.45) is 5.41 Å². The number of nitrogens with zero attached hydrogens (tertiary/aromatic N) is 1. The van der Waals surface area contributed by atoms with Crippen LogP contribution in [-0.4, -0.2) is 30.0 Å². The molecule has 4 rings (SSSR count). The molecule has 2 bridgehead atoms. The molecule has 0 unspecified atom stereocenters. The van der Waals surface area contributed by atoms with Crippen LogP contribution in [0.3, 0.4) is 0 Å². The van der Waals surface area contributed by atoms with Crippen molar-refractivity contribution in [3.05, 3.63) is 24.3 Å². The zero-order chi connectivity index (χ0) is 15.5. The van der Waals surface area contributed by atoms with Crippen LogP contribution in [0.15, 0.2) is 24.3 Å². The van der Waals surface area contributed by atoms with Crippen LogP contribution in [0.2, 0.25) is 0 Å². The number of ether oxygens (including phenoxy) is 1. The summed E-state index contributed by atoms with van der Waals surface area (Å²) in [5.74, 6) is -0.435. The van der Waals surface area contributed by atoms with Crippen LogP contribution in [0.5, 0.6) is 5.75 Å². The van der Waals surface area contributed by atoms with Crippen molar-refractivity contribution in [3.8, 4) is 5.75 Å². The quantitative estimate of drug-likeness (QED) is 0.933. The molecule has 21 heavy (non-hydrogen) atoms. The minimum absolute atomic E-state index is 0.108. The summed E-state index contributed by atoms with van der Waals surface area (Å²) in [5.41, 5.74) is -0.655. The second kappa shape index (κ2) is 4.13. The second-order valence-corrected chi connectivity index (χ2v) is 5.94. The van der Waals surface area contributed by atoms with Crippen molar-refractivity contribution >= 4 is 11.6 Å². The standard InChI is InChI=1S/C14H14F3NO3/c1-18(11(19)12-6-13(20,7-12)8-12)9-2-4-10(5-3-9)21-14(15,16)17/h2-5,20H,6-8H2,1H3. The van der Waals surface area contributed by atoms with Crippen LogP contribution in [-0.2, 0) is 4.79 Å². The van der Waals surface area contributed by atoms with Crippen LogP contribution in [0.1, 0.15) is 19.3 Å². The Hall–Kier alpha value is -1.76. The molecule has 0 aromatic heterocycles. The van der Waals surface area contributed by atoms with Crippen LogP contribution in [0, 0.1) is 5.41 Å². The summed E-state index contributed by atoms with van der Waals surface area (Å²) in [6, 6.07) is 5.14. The number of hydrogen-bond acceptors (Lipinski definition) is 3. The molecule has 7 heteroatoms. The number of hydrogen-bond donors (Lipinski definition) is 1. The van der Waals surface area contributed by atoms with E-state index < -0.39 is 17.4 Å². The SMILES string of the molecule is CN(C(=O)C12CC(O)(C1)C2)c1ccc(OC(F)(F)F)cc1. The Kier molecular flexibility index (Phi) is 2.79. The highest BCUT2D eigenvalue weighted by molar-refractivity contribution is 5.99. The third-order valence-corrected chi connectivity index (χ3v) is 4.22. The highest BCUT2D eigenvalue weighted by Crippen LogP contribution is 2.67. The first kappa shape index (κ1) is 14.2. The molecule has 0 saturated heterocycles. The number of benzene rings is 1. The molecule has 3 aliphatic rings. The monoisotopic (exact) mass is 301 g/mol. The van der Waals surface area contributed by atoms with Gasteiger partial charge in [0.05, 0.1) is 11.0 Å². The summed E-state index contributed by atoms with van der Waals surface area (Å²) in [4.78, 5) is 13.8. The number of carbonyl (C=O) groups is 1. The normalized spacial score (nSPS) is 30.1. The fourth-order valence-electron chi connectivity index (χ4n) is 3.31. The van der Waals surface area contributed by atoms with E-state index >= 15 is 0 Å². The van der Waals surface area contributed by atoms with Gasteiger partial charge in [-0.05, 0) is 43.5 Å². The van der Waals surface area contributed by atoms with Crippen LogP contribution >= 0.6 is 0 Å². The topological polar surface area (TPSA) is 49.8 Å². The third kappa shape index (κ3) is 2.35. The molecule has 1 aromatic rings. The average Bonchev–Trinajstić information content (AvgIpc) is 2.31. The molecule has 0 atom stereocenters. The molecular formula is C14H14F3NO3. The van der Waals surface area contributed by atoms with Crippen molar-refractivity contribution in [1.29, 1.82) is 0 Å². The Morgan fingerprint density at radius 1 is 1.24 bits per heavy atom. The minimum Gasteiger partial charge on any atom is -0.406 e. The van der Waals surface area contributed by atoms with Gasteiger partial charge in [0.2, 0.25) is 5.91 Å². The van der Waals surface area contributed by atoms with Gasteiger partial charge >= 0.3 is 6.36 Å². The summed E-state index contributed by atoms with van der Waals surface area (Å²) in [5, 5.41) is 9.70. The zero-order valence-corrected chi connectivity index (χ0v) is 11.3. The van der Waals surface area contributed by atoms with E-state index in [0.29, 0.717) is 24.9 Å². The van der Waals surface area contributed by atoms with E-state index in [0.717, 1.165) is 0 Å². The Labute approximate surface area is 119 Å². The molecule has 1 amide bonds. The lowest BCUT2D eigenvalue weighted by Crippen LogP contribution is -2.72. The molecule has 0 aliphatic heterocycles. The minimum atomic E-state index is -4.73. The van der Waals surface area contributed by atoms with E-state index in [1.54, 1.807) is 7.05 Å². The van der Waals surface area contributed by atoms with Gasteiger partial charge in [-0.3, -0.25) is 4.79 Å². The Morgan fingerprint density at radius 2 is 1.76 bits per heavy atom. The Balaban J connectivity index is 1.68. The van der Waals surface area contributed by atoms with Gasteiger partial charge in [-0.2, -0.15) is 0 Å². The highest BCUT2D eigenvalue weighted by atomic mass is 19.4. The smallest absolute Gasteiger partial charge is 0.406 e. The third-order valence-electron chi connectivity index (χ3n) is 4.22. The van der Waals surface area contributed by atoms with Crippen molar-refractivity contribution in [2.45, 2.75) is 31.2 Å². The zero-order valence-electron chi connectivity index (χ0n) is 11.3. The fraction of sp³-hybridized carbons (Fsp3) is 0.500. The van der Waals surface area contributed by atoms with Gasteiger partial charge in [0.1, 0.15) is 5.75 Å². The Bertz CT molecular complexity index is 562. The maximum Gasteiger partial charge on any atom is 0.573 e. The summed E-state index contributed by atoms with van der Waals surface area (Å²) in [6.45, 7) is 0. The van der Waals surface area contributed by atoms with E-state index in [2.05, 4.69) is 4.74 Å². The van der Waals surface area contributed by atoms with Gasteiger partial charge in [0, 0.05) is 12.7 Å². The molecule has 0 spiro atoms. The van der Waals surface area contributed by atoms with E-state index in [1.807, 2.05) is 0 Å². The van der Waals surface area contributed by atoms with E-state index in [9.17, 15) is 23.1 Å². The number of anilines is 1. The van der Waals surface area contributed by atoms with Gasteiger partial charge in [-0.1, -0.05) is 0 Å². The van der Waals surface area contributed by atoms with E-state index in [-0.39, 0.29) is 11.7 Å². The first-order valence-electron chi connectivity index (χ1n) is 6.49. The molecular weight excluding hydrogens is 287 g/mol. The van der Waals surface area contributed by atoms with Crippen LogP contribution in [0.4, 0.5) is 18.9 Å². The second-order valence-electron chi connectivity index (χ2n) is 5.94. The molecule has 3 aliphatic carbocycles. The van der Waals surface area contributed by atoms with Gasteiger partial charge < -0.3 is 14.7 Å². The van der Waals surface area contributed by atoms with E-state index in [4.69, 9.17) is 0 Å². The molecule has 4 nitrogen and oxygen atoms in total. The lowest BCUT2D eigenvalue weighted by atomic mass is 9.41. The summed E-state index contributed by atoms with van der Waals surface area (Å²) >= 11 is 0.